The van der Waals surface area contributed by atoms with Crippen molar-refractivity contribution in [2.24, 2.45) is 0 Å². The Balaban J connectivity index is 1.22. The Morgan fingerprint density at radius 3 is 2.79 bits per heavy atom. The molecule has 0 aliphatic carbocycles. The van der Waals surface area contributed by atoms with E-state index < -0.39 is 0 Å². The first-order valence-corrected chi connectivity index (χ1v) is 12.6. The molecule has 0 aromatic carbocycles. The van der Waals surface area contributed by atoms with Crippen LogP contribution in [0, 0.1) is 6.92 Å². The van der Waals surface area contributed by atoms with Gasteiger partial charge in [-0.05, 0) is 62.6 Å². The van der Waals surface area contributed by atoms with E-state index >= 15 is 0 Å². The third-order valence-corrected chi connectivity index (χ3v) is 7.53. The van der Waals surface area contributed by atoms with Gasteiger partial charge in [0.15, 0.2) is 5.82 Å². The minimum Gasteiger partial charge on any atom is -0.351 e. The molecule has 1 amide bonds. The van der Waals surface area contributed by atoms with Crippen LogP contribution in [0.3, 0.4) is 0 Å². The molecule has 10 heteroatoms. The number of nitrogens with zero attached hydrogens (tertiary/aromatic N) is 5. The molecule has 2 bridgehead atoms. The standard InChI is InChI=1S/C24H26N8OS/c1-14-10-20(31-30-14)27-21-19-7-9-34-22(19)29-24(28-21)26-16-11-17-5-2-6-18(12-16)32(17)23(33)15-4-3-8-25-13-15/h3-4,7-10,13,16-18H,2,5-6,11-12H2,1H3,(H3,26,27,28,29,30,31)/t16?,17-,18+. The monoisotopic (exact) mass is 474 g/mol. The fraction of sp³-hybridized carbons (Fsp3) is 0.375. The van der Waals surface area contributed by atoms with E-state index in [1.54, 1.807) is 23.7 Å². The lowest BCUT2D eigenvalue weighted by Crippen LogP contribution is -2.57. The third kappa shape index (κ3) is 3.98. The zero-order chi connectivity index (χ0) is 23.1. The summed E-state index contributed by atoms with van der Waals surface area (Å²) in [5.74, 6) is 2.18. The summed E-state index contributed by atoms with van der Waals surface area (Å²) in [5.41, 5.74) is 1.65. The zero-order valence-electron chi connectivity index (χ0n) is 18.9. The van der Waals surface area contributed by atoms with E-state index in [2.05, 4.69) is 30.7 Å². The average molecular weight is 475 g/mol. The van der Waals surface area contributed by atoms with Crippen LogP contribution in [-0.4, -0.2) is 54.1 Å². The molecule has 2 saturated heterocycles. The fourth-order valence-electron chi connectivity index (χ4n) is 5.27. The number of aryl methyl sites for hydroxylation is 1. The van der Waals surface area contributed by atoms with Crippen LogP contribution in [0.4, 0.5) is 17.6 Å². The smallest absolute Gasteiger partial charge is 0.255 e. The van der Waals surface area contributed by atoms with E-state index in [1.807, 2.05) is 36.6 Å². The number of pyridine rings is 1. The van der Waals surface area contributed by atoms with Crippen molar-refractivity contribution in [3.05, 3.63) is 53.3 Å². The second-order valence-electron chi connectivity index (χ2n) is 9.10. The summed E-state index contributed by atoms with van der Waals surface area (Å²) in [6.45, 7) is 1.97. The summed E-state index contributed by atoms with van der Waals surface area (Å²) in [7, 11) is 0. The van der Waals surface area contributed by atoms with Gasteiger partial charge in [-0.2, -0.15) is 10.1 Å². The maximum absolute atomic E-state index is 13.2. The number of aromatic nitrogens is 5. The van der Waals surface area contributed by atoms with Gasteiger partial charge in [0.25, 0.3) is 5.91 Å². The number of fused-ring (bicyclic) bond motifs is 3. The second kappa shape index (κ2) is 8.68. The predicted octanol–water partition coefficient (Wildman–Crippen LogP) is 4.50. The third-order valence-electron chi connectivity index (χ3n) is 6.73. The van der Waals surface area contributed by atoms with Crippen LogP contribution < -0.4 is 10.6 Å². The Morgan fingerprint density at radius 2 is 2.06 bits per heavy atom. The van der Waals surface area contributed by atoms with Crippen LogP contribution in [0.15, 0.2) is 42.0 Å². The maximum Gasteiger partial charge on any atom is 0.255 e. The molecule has 2 aliphatic heterocycles. The molecule has 0 radical (unpaired) electrons. The molecule has 0 spiro atoms. The number of hydrogen-bond acceptors (Lipinski definition) is 8. The lowest BCUT2D eigenvalue weighted by molar-refractivity contribution is 0.0258. The van der Waals surface area contributed by atoms with E-state index in [1.165, 1.54) is 0 Å². The van der Waals surface area contributed by atoms with Crippen molar-refractivity contribution in [1.29, 1.82) is 0 Å². The van der Waals surface area contributed by atoms with Gasteiger partial charge in [0.1, 0.15) is 10.6 Å². The van der Waals surface area contributed by atoms with Gasteiger partial charge in [-0.25, -0.2) is 4.98 Å². The Bertz CT molecular complexity index is 1310. The molecule has 0 saturated carbocycles. The summed E-state index contributed by atoms with van der Waals surface area (Å²) in [6.07, 6.45) is 8.35. The number of rotatable bonds is 5. The Hall–Kier alpha value is -3.53. The number of hydrogen-bond donors (Lipinski definition) is 3. The highest BCUT2D eigenvalue weighted by Gasteiger charge is 2.41. The van der Waals surface area contributed by atoms with Gasteiger partial charge in [0, 0.05) is 42.3 Å². The number of aromatic amines is 1. The van der Waals surface area contributed by atoms with E-state index in [-0.39, 0.29) is 24.0 Å². The van der Waals surface area contributed by atoms with Crippen molar-refractivity contribution in [3.8, 4) is 0 Å². The molecule has 4 aromatic heterocycles. The van der Waals surface area contributed by atoms with Crippen molar-refractivity contribution in [1.82, 2.24) is 30.0 Å². The minimum atomic E-state index is 0.0956. The van der Waals surface area contributed by atoms with Gasteiger partial charge in [0.05, 0.1) is 10.9 Å². The topological polar surface area (TPSA) is 112 Å². The molecule has 2 aliphatic rings. The summed E-state index contributed by atoms with van der Waals surface area (Å²) in [4.78, 5) is 30.0. The summed E-state index contributed by atoms with van der Waals surface area (Å²) < 4.78 is 0. The molecule has 3 N–H and O–H groups in total. The molecule has 9 nitrogen and oxygen atoms in total. The van der Waals surface area contributed by atoms with Gasteiger partial charge in [0.2, 0.25) is 5.95 Å². The Kier molecular flexibility index (Phi) is 5.37. The van der Waals surface area contributed by atoms with Gasteiger partial charge < -0.3 is 15.5 Å². The van der Waals surface area contributed by atoms with Gasteiger partial charge in [-0.1, -0.05) is 0 Å². The zero-order valence-corrected chi connectivity index (χ0v) is 19.7. The van der Waals surface area contributed by atoms with Gasteiger partial charge in [-0.15, -0.1) is 11.3 Å². The SMILES string of the molecule is Cc1cc(Nc2nc(NC3C[C@H]4CCC[C@@H](C3)N4C(=O)c3cccnc3)nc3sccc23)n[nH]1. The summed E-state index contributed by atoms with van der Waals surface area (Å²) in [5, 5.41) is 17.1. The molecule has 6 heterocycles. The highest BCUT2D eigenvalue weighted by molar-refractivity contribution is 7.16. The Labute approximate surface area is 201 Å². The van der Waals surface area contributed by atoms with Crippen LogP contribution in [0.5, 0.6) is 0 Å². The van der Waals surface area contributed by atoms with Crippen LogP contribution in [0.1, 0.15) is 48.2 Å². The quantitative estimate of drug-likeness (QED) is 0.390. The summed E-state index contributed by atoms with van der Waals surface area (Å²) >= 11 is 1.59. The van der Waals surface area contributed by atoms with E-state index in [9.17, 15) is 4.79 Å². The Morgan fingerprint density at radius 1 is 1.21 bits per heavy atom. The number of carbonyl (C=O) groups is 1. The molecule has 174 valence electrons. The van der Waals surface area contributed by atoms with Crippen molar-refractivity contribution >= 4 is 45.0 Å². The molecular formula is C24H26N8OS. The van der Waals surface area contributed by atoms with Crippen LogP contribution in [-0.2, 0) is 0 Å². The molecular weight excluding hydrogens is 448 g/mol. The predicted molar refractivity (Wildman–Crippen MR) is 133 cm³/mol. The van der Waals surface area contributed by atoms with Crippen LogP contribution >= 0.6 is 11.3 Å². The largest absolute Gasteiger partial charge is 0.351 e. The number of anilines is 3. The van der Waals surface area contributed by atoms with Crippen LogP contribution in [0.25, 0.3) is 10.2 Å². The van der Waals surface area contributed by atoms with E-state index in [0.717, 1.165) is 59.7 Å². The first-order valence-electron chi connectivity index (χ1n) is 11.7. The van der Waals surface area contributed by atoms with Crippen molar-refractivity contribution in [2.45, 2.75) is 57.2 Å². The number of nitrogens with one attached hydrogen (secondary N) is 3. The maximum atomic E-state index is 13.2. The first kappa shape index (κ1) is 21.0. The summed E-state index contributed by atoms with van der Waals surface area (Å²) in [6, 6.07) is 8.30. The highest BCUT2D eigenvalue weighted by atomic mass is 32.1. The van der Waals surface area contributed by atoms with Gasteiger partial charge >= 0.3 is 0 Å². The van der Waals surface area contributed by atoms with Crippen LogP contribution in [0.2, 0.25) is 0 Å². The fourth-order valence-corrected chi connectivity index (χ4v) is 6.03. The molecule has 3 atom stereocenters. The lowest BCUT2D eigenvalue weighted by Gasteiger charge is -2.49. The molecule has 4 aromatic rings. The van der Waals surface area contributed by atoms with Crippen molar-refractivity contribution in [2.75, 3.05) is 10.6 Å². The highest BCUT2D eigenvalue weighted by Crippen LogP contribution is 2.36. The van der Waals surface area contributed by atoms with Gasteiger partial charge in [-0.3, -0.25) is 14.9 Å². The number of amides is 1. The van der Waals surface area contributed by atoms with Crippen molar-refractivity contribution < 1.29 is 4.79 Å². The second-order valence-corrected chi connectivity index (χ2v) is 10.00. The number of piperidine rings is 2. The molecule has 2 fully saturated rings. The molecule has 34 heavy (non-hydrogen) atoms. The molecule has 6 rings (SSSR count). The van der Waals surface area contributed by atoms with Crippen molar-refractivity contribution in [3.63, 3.8) is 0 Å². The number of H-pyrrole nitrogens is 1. The number of thiophene rings is 1. The number of carbonyl (C=O) groups excluding carboxylic acids is 1. The average Bonchev–Trinajstić information content (AvgIpc) is 3.47. The normalized spacial score (nSPS) is 22.0. The minimum absolute atomic E-state index is 0.0956. The van der Waals surface area contributed by atoms with E-state index in [4.69, 9.17) is 9.97 Å². The van der Waals surface area contributed by atoms with E-state index in [0.29, 0.717) is 11.5 Å². The first-order chi connectivity index (χ1) is 16.6. The lowest BCUT2D eigenvalue weighted by atomic mass is 9.81. The molecule has 1 unspecified atom stereocenters.